The molecular formula is C19H29NO. The molecule has 3 N–H and O–H groups in total. The van der Waals surface area contributed by atoms with E-state index in [9.17, 15) is 5.11 Å². The second-order valence-corrected chi connectivity index (χ2v) is 8.51. The van der Waals surface area contributed by atoms with Crippen molar-refractivity contribution in [1.82, 2.24) is 0 Å². The van der Waals surface area contributed by atoms with Crippen LogP contribution in [0.4, 0.5) is 0 Å². The van der Waals surface area contributed by atoms with Gasteiger partial charge >= 0.3 is 0 Å². The summed E-state index contributed by atoms with van der Waals surface area (Å²) >= 11 is 0. The number of hydrogen-bond acceptors (Lipinski definition) is 2. The highest BCUT2D eigenvalue weighted by Gasteiger charge is 2.55. The van der Waals surface area contributed by atoms with Crippen molar-refractivity contribution >= 4 is 0 Å². The molecule has 0 spiro atoms. The van der Waals surface area contributed by atoms with E-state index in [-0.39, 0.29) is 6.10 Å². The van der Waals surface area contributed by atoms with Gasteiger partial charge in [0.2, 0.25) is 0 Å². The molecular weight excluding hydrogens is 258 g/mol. The van der Waals surface area contributed by atoms with Crippen LogP contribution >= 0.6 is 0 Å². The first-order valence-corrected chi connectivity index (χ1v) is 8.80. The van der Waals surface area contributed by atoms with Crippen molar-refractivity contribution in [3.63, 3.8) is 0 Å². The molecule has 3 saturated carbocycles. The van der Waals surface area contributed by atoms with Crippen LogP contribution in [0.1, 0.15) is 58.8 Å². The molecule has 0 aliphatic heterocycles. The third-order valence-corrected chi connectivity index (χ3v) is 7.62. The zero-order chi connectivity index (χ0) is 14.8. The molecule has 6 atom stereocenters. The first kappa shape index (κ1) is 14.0. The van der Waals surface area contributed by atoms with Crippen LogP contribution < -0.4 is 5.73 Å². The topological polar surface area (TPSA) is 46.2 Å². The molecule has 0 aromatic heterocycles. The van der Waals surface area contributed by atoms with E-state index in [1.54, 1.807) is 5.57 Å². The van der Waals surface area contributed by atoms with Gasteiger partial charge in [0.05, 0.1) is 6.10 Å². The Labute approximate surface area is 128 Å². The van der Waals surface area contributed by atoms with Crippen molar-refractivity contribution in [3.8, 4) is 0 Å². The van der Waals surface area contributed by atoms with Crippen molar-refractivity contribution < 1.29 is 5.11 Å². The quantitative estimate of drug-likeness (QED) is 0.715. The van der Waals surface area contributed by atoms with Gasteiger partial charge in [-0.3, -0.25) is 0 Å². The van der Waals surface area contributed by atoms with Crippen LogP contribution in [-0.4, -0.2) is 17.3 Å². The zero-order valence-electron chi connectivity index (χ0n) is 13.4. The molecule has 0 amide bonds. The van der Waals surface area contributed by atoms with E-state index in [1.807, 2.05) is 0 Å². The van der Waals surface area contributed by atoms with Crippen LogP contribution in [0.25, 0.3) is 0 Å². The molecule has 2 nitrogen and oxygen atoms in total. The third kappa shape index (κ3) is 1.78. The maximum absolute atomic E-state index is 10.0. The van der Waals surface area contributed by atoms with Crippen molar-refractivity contribution in [3.05, 3.63) is 23.3 Å². The van der Waals surface area contributed by atoms with Crippen LogP contribution in [0.5, 0.6) is 0 Å². The Morgan fingerprint density at radius 3 is 2.67 bits per heavy atom. The van der Waals surface area contributed by atoms with Crippen LogP contribution in [-0.2, 0) is 0 Å². The maximum atomic E-state index is 10.0. The predicted molar refractivity (Wildman–Crippen MR) is 85.7 cm³/mol. The summed E-state index contributed by atoms with van der Waals surface area (Å²) in [4.78, 5) is 0. The highest BCUT2D eigenvalue weighted by molar-refractivity contribution is 5.39. The summed E-state index contributed by atoms with van der Waals surface area (Å²) in [6.45, 7) is 4.89. The molecule has 0 bridgehead atoms. The summed E-state index contributed by atoms with van der Waals surface area (Å²) in [6.07, 6.45) is 12.7. The van der Waals surface area contributed by atoms with Crippen molar-refractivity contribution in [2.45, 2.75) is 70.9 Å². The van der Waals surface area contributed by atoms with Gasteiger partial charge in [-0.15, -0.1) is 0 Å². The van der Waals surface area contributed by atoms with Gasteiger partial charge in [-0.25, -0.2) is 0 Å². The third-order valence-electron chi connectivity index (χ3n) is 7.62. The first-order valence-electron chi connectivity index (χ1n) is 8.80. The Balaban J connectivity index is 1.74. The lowest BCUT2D eigenvalue weighted by Gasteiger charge is -2.54. The van der Waals surface area contributed by atoms with Crippen LogP contribution in [0.15, 0.2) is 23.3 Å². The maximum Gasteiger partial charge on any atom is 0.0578 e. The Morgan fingerprint density at radius 1 is 1.05 bits per heavy atom. The standard InChI is InChI=1S/C19H29NO/c1-18-9-7-13(21)11-12(18)3-4-14-15-5-6-17(20)19(15,2)10-8-16(14)18/h3-4,13,15-17,21H,5-11,20H2,1-2H3/t13?,15-,16+,17?,18-,19-/m0/s1. The summed E-state index contributed by atoms with van der Waals surface area (Å²) in [5.41, 5.74) is 10.3. The second-order valence-electron chi connectivity index (χ2n) is 8.51. The summed E-state index contributed by atoms with van der Waals surface area (Å²) < 4.78 is 0. The second kappa shape index (κ2) is 4.45. The van der Waals surface area contributed by atoms with E-state index < -0.39 is 0 Å². The fraction of sp³-hybridized carbons (Fsp3) is 0.789. The van der Waals surface area contributed by atoms with Crippen molar-refractivity contribution in [2.75, 3.05) is 0 Å². The SMILES string of the molecule is C[C@]12CCC(O)CC1=CC=C1[C@H]2CC[C@]2(C)C(N)CC[C@@H]12. The molecule has 21 heavy (non-hydrogen) atoms. The summed E-state index contributed by atoms with van der Waals surface area (Å²) in [6, 6.07) is 0.385. The molecule has 0 heterocycles. The van der Waals surface area contributed by atoms with E-state index in [0.717, 1.165) is 19.3 Å². The lowest BCUT2D eigenvalue weighted by Crippen LogP contribution is -2.48. The number of nitrogens with two attached hydrogens (primary N) is 1. The molecule has 2 heteroatoms. The number of fused-ring (bicyclic) bond motifs is 5. The summed E-state index contributed by atoms with van der Waals surface area (Å²) in [5.74, 6) is 1.40. The molecule has 4 aliphatic carbocycles. The molecule has 4 rings (SSSR count). The van der Waals surface area contributed by atoms with Crippen molar-refractivity contribution in [2.24, 2.45) is 28.4 Å². The monoisotopic (exact) mass is 287 g/mol. The Kier molecular flexibility index (Phi) is 2.97. The normalized spacial score (nSPS) is 52.4. The minimum absolute atomic E-state index is 0.118. The summed E-state index contributed by atoms with van der Waals surface area (Å²) in [5, 5.41) is 10.0. The van der Waals surface area contributed by atoms with E-state index in [4.69, 9.17) is 5.73 Å². The highest BCUT2D eigenvalue weighted by Crippen LogP contribution is 2.62. The van der Waals surface area contributed by atoms with Gasteiger partial charge in [0.1, 0.15) is 0 Å². The fourth-order valence-corrected chi connectivity index (χ4v) is 6.02. The van der Waals surface area contributed by atoms with Crippen molar-refractivity contribution in [1.29, 1.82) is 0 Å². The minimum atomic E-state index is -0.118. The van der Waals surface area contributed by atoms with Gasteiger partial charge in [0.15, 0.2) is 0 Å². The van der Waals surface area contributed by atoms with E-state index in [2.05, 4.69) is 26.0 Å². The molecule has 0 aromatic rings. The van der Waals surface area contributed by atoms with Gasteiger partial charge in [-0.2, -0.15) is 0 Å². The van der Waals surface area contributed by atoms with E-state index in [1.165, 1.54) is 31.3 Å². The van der Waals surface area contributed by atoms with E-state index >= 15 is 0 Å². The zero-order valence-corrected chi connectivity index (χ0v) is 13.4. The highest BCUT2D eigenvalue weighted by atomic mass is 16.3. The average Bonchev–Trinajstić information content (AvgIpc) is 2.76. The largest absolute Gasteiger partial charge is 0.393 e. The number of aliphatic hydroxyl groups excluding tert-OH is 1. The molecule has 0 radical (unpaired) electrons. The molecule has 2 unspecified atom stereocenters. The molecule has 0 aromatic carbocycles. The molecule has 3 fully saturated rings. The number of hydrogen-bond donors (Lipinski definition) is 2. The van der Waals surface area contributed by atoms with Gasteiger partial charge in [-0.1, -0.05) is 37.1 Å². The lowest BCUT2D eigenvalue weighted by molar-refractivity contribution is 0.0548. The van der Waals surface area contributed by atoms with Gasteiger partial charge in [-0.05, 0) is 67.6 Å². The Hall–Kier alpha value is -0.600. The Bertz CT molecular complexity index is 522. The predicted octanol–water partition coefficient (Wildman–Crippen LogP) is 3.56. The lowest BCUT2D eigenvalue weighted by atomic mass is 9.51. The van der Waals surface area contributed by atoms with Crippen LogP contribution in [0.3, 0.4) is 0 Å². The average molecular weight is 287 g/mol. The molecule has 116 valence electrons. The number of allylic oxidation sites excluding steroid dienone is 3. The van der Waals surface area contributed by atoms with Gasteiger partial charge < -0.3 is 10.8 Å². The van der Waals surface area contributed by atoms with Gasteiger partial charge in [0.25, 0.3) is 0 Å². The number of aliphatic hydroxyl groups is 1. The van der Waals surface area contributed by atoms with Gasteiger partial charge in [0, 0.05) is 6.04 Å². The molecule has 0 saturated heterocycles. The Morgan fingerprint density at radius 2 is 1.86 bits per heavy atom. The fourth-order valence-electron chi connectivity index (χ4n) is 6.02. The van der Waals surface area contributed by atoms with E-state index in [0.29, 0.717) is 28.7 Å². The van der Waals surface area contributed by atoms with Crippen LogP contribution in [0.2, 0.25) is 0 Å². The summed E-state index contributed by atoms with van der Waals surface area (Å²) in [7, 11) is 0. The van der Waals surface area contributed by atoms with Crippen LogP contribution in [0, 0.1) is 22.7 Å². The minimum Gasteiger partial charge on any atom is -0.393 e. The molecule has 4 aliphatic rings. The first-order chi connectivity index (χ1) is 9.95. The smallest absolute Gasteiger partial charge is 0.0578 e. The number of rotatable bonds is 0.